The van der Waals surface area contributed by atoms with Gasteiger partial charge < -0.3 is 14.6 Å². The van der Waals surface area contributed by atoms with E-state index in [1.54, 1.807) is 7.11 Å². The lowest BCUT2D eigenvalue weighted by atomic mass is 10.2. The molecule has 0 unspecified atom stereocenters. The predicted octanol–water partition coefficient (Wildman–Crippen LogP) is 4.89. The SMILES string of the molecule is COc1ccc(CNc2nnc(SCC(=O)c3cc(C)n(C4CC4)c3C)s2)cc1. The number of Topliss-reactive ketones (excluding diaryl/α,β-unsaturated/α-hetero) is 1. The first kappa shape index (κ1) is 20.0. The highest BCUT2D eigenvalue weighted by molar-refractivity contribution is 8.01. The van der Waals surface area contributed by atoms with Crippen LogP contribution in [0.5, 0.6) is 5.75 Å². The summed E-state index contributed by atoms with van der Waals surface area (Å²) >= 11 is 2.92. The van der Waals surface area contributed by atoms with Crippen LogP contribution in [-0.4, -0.2) is 33.4 Å². The average Bonchev–Trinajstić information content (AvgIpc) is 3.37. The van der Waals surface area contributed by atoms with E-state index in [4.69, 9.17) is 4.74 Å². The van der Waals surface area contributed by atoms with E-state index in [2.05, 4.69) is 33.9 Å². The molecule has 3 aromatic rings. The minimum absolute atomic E-state index is 0.151. The number of nitrogens with one attached hydrogen (secondary N) is 1. The summed E-state index contributed by atoms with van der Waals surface area (Å²) in [7, 11) is 1.66. The van der Waals surface area contributed by atoms with Crippen LogP contribution in [0.15, 0.2) is 34.7 Å². The maximum atomic E-state index is 12.7. The van der Waals surface area contributed by atoms with Gasteiger partial charge in [-0.3, -0.25) is 4.79 Å². The number of nitrogens with zero attached hydrogens (tertiary/aromatic N) is 3. The molecule has 0 bridgehead atoms. The standard InChI is InChI=1S/C21H24N4O2S2/c1-13-10-18(14(2)25(13)16-6-7-16)19(26)12-28-21-24-23-20(29-21)22-11-15-4-8-17(27-3)9-5-15/h4-5,8-10,16H,6-7,11-12H2,1-3H3,(H,22,23). The highest BCUT2D eigenvalue weighted by Crippen LogP contribution is 2.38. The molecule has 4 rings (SSSR count). The van der Waals surface area contributed by atoms with Crippen LogP contribution >= 0.6 is 23.1 Å². The number of benzene rings is 1. The second kappa shape index (κ2) is 8.59. The van der Waals surface area contributed by atoms with Gasteiger partial charge in [-0.1, -0.05) is 35.2 Å². The summed E-state index contributed by atoms with van der Waals surface area (Å²) in [4.78, 5) is 12.7. The number of ketones is 1. The van der Waals surface area contributed by atoms with Gasteiger partial charge in [-0.05, 0) is 50.5 Å². The molecular formula is C21H24N4O2S2. The summed E-state index contributed by atoms with van der Waals surface area (Å²) in [5.41, 5.74) is 4.25. The summed E-state index contributed by atoms with van der Waals surface area (Å²) in [6, 6.07) is 10.5. The van der Waals surface area contributed by atoms with Crippen molar-refractivity contribution in [1.82, 2.24) is 14.8 Å². The highest BCUT2D eigenvalue weighted by Gasteiger charge is 2.28. The van der Waals surface area contributed by atoms with E-state index in [1.807, 2.05) is 30.3 Å². The lowest BCUT2D eigenvalue weighted by Gasteiger charge is -2.07. The quantitative estimate of drug-likeness (QED) is 0.387. The number of aromatic nitrogens is 3. The molecule has 6 nitrogen and oxygen atoms in total. The molecule has 0 radical (unpaired) electrons. The van der Waals surface area contributed by atoms with Gasteiger partial charge in [-0.2, -0.15) is 0 Å². The summed E-state index contributed by atoms with van der Waals surface area (Å²) < 4.78 is 8.28. The molecule has 1 aromatic carbocycles. The van der Waals surface area contributed by atoms with Gasteiger partial charge in [-0.15, -0.1) is 10.2 Å². The smallest absolute Gasteiger partial charge is 0.206 e. The number of rotatable bonds is 9. The monoisotopic (exact) mass is 428 g/mol. The molecule has 1 fully saturated rings. The fraction of sp³-hybridized carbons (Fsp3) is 0.381. The van der Waals surface area contributed by atoms with Crippen LogP contribution in [0.3, 0.4) is 0 Å². The van der Waals surface area contributed by atoms with Crippen molar-refractivity contribution in [3.05, 3.63) is 52.8 Å². The zero-order valence-electron chi connectivity index (χ0n) is 16.8. The van der Waals surface area contributed by atoms with Crippen molar-refractivity contribution in [2.24, 2.45) is 0 Å². The summed E-state index contributed by atoms with van der Waals surface area (Å²) in [5.74, 6) is 1.37. The molecular weight excluding hydrogens is 404 g/mol. The van der Waals surface area contributed by atoms with Crippen molar-refractivity contribution in [3.63, 3.8) is 0 Å². The van der Waals surface area contributed by atoms with E-state index in [-0.39, 0.29) is 5.78 Å². The number of carbonyl (C=O) groups is 1. The van der Waals surface area contributed by atoms with Crippen LogP contribution < -0.4 is 10.1 Å². The molecule has 8 heteroatoms. The van der Waals surface area contributed by atoms with Gasteiger partial charge in [0.2, 0.25) is 5.13 Å². The molecule has 1 aliphatic carbocycles. The Kier molecular flexibility index (Phi) is 5.91. The minimum Gasteiger partial charge on any atom is -0.497 e. The van der Waals surface area contributed by atoms with Crippen molar-refractivity contribution >= 4 is 34.0 Å². The van der Waals surface area contributed by atoms with E-state index >= 15 is 0 Å². The molecule has 2 aromatic heterocycles. The Morgan fingerprint density at radius 3 is 2.72 bits per heavy atom. The van der Waals surface area contributed by atoms with Crippen LogP contribution in [0.4, 0.5) is 5.13 Å². The van der Waals surface area contributed by atoms with Crippen molar-refractivity contribution in [2.45, 2.75) is 43.6 Å². The van der Waals surface area contributed by atoms with Crippen molar-refractivity contribution in [2.75, 3.05) is 18.2 Å². The van der Waals surface area contributed by atoms with Gasteiger partial charge in [0.15, 0.2) is 10.1 Å². The number of aryl methyl sites for hydroxylation is 1. The summed E-state index contributed by atoms with van der Waals surface area (Å²) in [6.45, 7) is 4.80. The second-order valence-electron chi connectivity index (χ2n) is 7.17. The van der Waals surface area contributed by atoms with Gasteiger partial charge in [0.25, 0.3) is 0 Å². The van der Waals surface area contributed by atoms with E-state index < -0.39 is 0 Å². The van der Waals surface area contributed by atoms with Crippen molar-refractivity contribution in [1.29, 1.82) is 0 Å². The molecule has 0 saturated heterocycles. The van der Waals surface area contributed by atoms with Gasteiger partial charge in [0, 0.05) is 29.5 Å². The Bertz CT molecular complexity index is 1010. The molecule has 1 saturated carbocycles. The van der Waals surface area contributed by atoms with Crippen LogP contribution in [0.2, 0.25) is 0 Å². The van der Waals surface area contributed by atoms with E-state index in [1.165, 1.54) is 41.6 Å². The fourth-order valence-corrected chi connectivity index (χ4v) is 5.05. The molecule has 0 atom stereocenters. The average molecular weight is 429 g/mol. The Balaban J connectivity index is 1.31. The largest absolute Gasteiger partial charge is 0.497 e. The maximum Gasteiger partial charge on any atom is 0.206 e. The number of anilines is 1. The highest BCUT2D eigenvalue weighted by atomic mass is 32.2. The maximum absolute atomic E-state index is 12.7. The van der Waals surface area contributed by atoms with E-state index in [0.717, 1.165) is 32.0 Å². The van der Waals surface area contributed by atoms with Crippen LogP contribution in [-0.2, 0) is 6.54 Å². The third-order valence-corrected chi connectivity index (χ3v) is 7.05. The first-order valence-corrected chi connectivity index (χ1v) is 11.4. The van der Waals surface area contributed by atoms with Gasteiger partial charge in [0.05, 0.1) is 12.9 Å². The third kappa shape index (κ3) is 4.64. The number of hydrogen-bond donors (Lipinski definition) is 1. The lowest BCUT2D eigenvalue weighted by Crippen LogP contribution is -2.05. The van der Waals surface area contributed by atoms with Crippen LogP contribution in [0.1, 0.15) is 46.2 Å². The van der Waals surface area contributed by atoms with E-state index in [0.29, 0.717) is 18.3 Å². The predicted molar refractivity (Wildman–Crippen MR) is 117 cm³/mol. The van der Waals surface area contributed by atoms with Gasteiger partial charge in [0.1, 0.15) is 5.75 Å². The zero-order chi connectivity index (χ0) is 20.4. The number of thioether (sulfide) groups is 1. The number of ether oxygens (including phenoxy) is 1. The first-order chi connectivity index (χ1) is 14.0. The van der Waals surface area contributed by atoms with Crippen LogP contribution in [0.25, 0.3) is 0 Å². The third-order valence-electron chi connectivity index (χ3n) is 5.03. The topological polar surface area (TPSA) is 69.0 Å². The summed E-state index contributed by atoms with van der Waals surface area (Å²) in [6.07, 6.45) is 2.44. The molecule has 0 aliphatic heterocycles. The molecule has 0 amide bonds. The Hall–Kier alpha value is -2.32. The first-order valence-electron chi connectivity index (χ1n) is 9.60. The summed E-state index contributed by atoms with van der Waals surface area (Å²) in [5, 5.41) is 12.4. The van der Waals surface area contributed by atoms with Crippen molar-refractivity contribution < 1.29 is 9.53 Å². The number of hydrogen-bond acceptors (Lipinski definition) is 7. The number of carbonyl (C=O) groups excluding carboxylic acids is 1. The lowest BCUT2D eigenvalue weighted by molar-refractivity contribution is 0.102. The van der Waals surface area contributed by atoms with Gasteiger partial charge >= 0.3 is 0 Å². The second-order valence-corrected chi connectivity index (χ2v) is 9.37. The van der Waals surface area contributed by atoms with Crippen molar-refractivity contribution in [3.8, 4) is 5.75 Å². The molecule has 0 spiro atoms. The Labute approximate surface area is 178 Å². The molecule has 29 heavy (non-hydrogen) atoms. The van der Waals surface area contributed by atoms with E-state index in [9.17, 15) is 4.79 Å². The molecule has 1 aliphatic rings. The molecule has 1 N–H and O–H groups in total. The molecule has 2 heterocycles. The normalized spacial score (nSPS) is 13.5. The Morgan fingerprint density at radius 2 is 2.03 bits per heavy atom. The fourth-order valence-electron chi connectivity index (χ4n) is 3.42. The molecule has 152 valence electrons. The zero-order valence-corrected chi connectivity index (χ0v) is 18.4. The Morgan fingerprint density at radius 1 is 1.28 bits per heavy atom. The number of methoxy groups -OCH3 is 1. The minimum atomic E-state index is 0.151. The van der Waals surface area contributed by atoms with Gasteiger partial charge in [-0.25, -0.2) is 0 Å². The van der Waals surface area contributed by atoms with Crippen LogP contribution in [0, 0.1) is 13.8 Å².